The van der Waals surface area contributed by atoms with E-state index in [9.17, 15) is 13.2 Å². The number of anilines is 1. The molecule has 0 atom stereocenters. The number of nitrogens with one attached hydrogen (secondary N) is 1. The Morgan fingerprint density at radius 1 is 1.10 bits per heavy atom. The van der Waals surface area contributed by atoms with E-state index >= 15 is 0 Å². The zero-order valence-corrected chi connectivity index (χ0v) is 13.6. The van der Waals surface area contributed by atoms with E-state index in [0.29, 0.717) is 11.3 Å². The smallest absolute Gasteiger partial charge is 0.255 e. The summed E-state index contributed by atoms with van der Waals surface area (Å²) in [5.74, 6) is -0.271. The second-order valence-electron chi connectivity index (χ2n) is 4.26. The van der Waals surface area contributed by atoms with Crippen molar-refractivity contribution in [3.05, 3.63) is 57.7 Å². The zero-order valence-electron chi connectivity index (χ0n) is 10.6. The maximum absolute atomic E-state index is 12.0. The van der Waals surface area contributed by atoms with E-state index in [1.54, 1.807) is 6.07 Å². The summed E-state index contributed by atoms with van der Waals surface area (Å²) < 4.78 is 23.7. The second kappa shape index (κ2) is 5.92. The Hall–Kier alpha value is -1.41. The van der Waals surface area contributed by atoms with Crippen molar-refractivity contribution in [1.82, 2.24) is 0 Å². The average Bonchev–Trinajstić information content (AvgIpc) is 2.38. The largest absolute Gasteiger partial charge is 0.322 e. The molecule has 0 aliphatic carbocycles. The van der Waals surface area contributed by atoms with Crippen molar-refractivity contribution in [3.63, 3.8) is 0 Å². The van der Waals surface area contributed by atoms with Gasteiger partial charge in [-0.1, -0.05) is 6.07 Å². The van der Waals surface area contributed by atoms with Crippen molar-refractivity contribution in [2.75, 3.05) is 11.6 Å². The fourth-order valence-corrected chi connectivity index (χ4v) is 2.80. The quantitative estimate of drug-likeness (QED) is 0.805. The molecule has 0 heterocycles. The number of hydrogen-bond donors (Lipinski definition) is 1. The zero-order chi connectivity index (χ0) is 14.8. The van der Waals surface area contributed by atoms with Gasteiger partial charge in [-0.25, -0.2) is 8.42 Å². The van der Waals surface area contributed by atoms with Gasteiger partial charge >= 0.3 is 0 Å². The SMILES string of the molecule is CS(=O)(=O)c1ccc(C(=O)Nc2cccc(I)c2)cc1. The van der Waals surface area contributed by atoms with E-state index in [-0.39, 0.29) is 10.8 Å². The molecule has 0 aliphatic rings. The molecule has 0 fully saturated rings. The van der Waals surface area contributed by atoms with E-state index in [4.69, 9.17) is 0 Å². The first-order chi connectivity index (χ1) is 9.36. The number of carbonyl (C=O) groups excluding carboxylic acids is 1. The number of hydrogen-bond acceptors (Lipinski definition) is 3. The summed E-state index contributed by atoms with van der Waals surface area (Å²) in [6.07, 6.45) is 1.13. The second-order valence-corrected chi connectivity index (χ2v) is 7.52. The van der Waals surface area contributed by atoms with E-state index in [1.165, 1.54) is 24.3 Å². The van der Waals surface area contributed by atoms with Crippen LogP contribution >= 0.6 is 22.6 Å². The van der Waals surface area contributed by atoms with Crippen molar-refractivity contribution < 1.29 is 13.2 Å². The third-order valence-electron chi connectivity index (χ3n) is 2.63. The van der Waals surface area contributed by atoms with Crippen LogP contribution in [0, 0.1) is 3.57 Å². The van der Waals surface area contributed by atoms with Gasteiger partial charge in [-0.3, -0.25) is 4.79 Å². The van der Waals surface area contributed by atoms with Crippen molar-refractivity contribution in [1.29, 1.82) is 0 Å². The molecule has 1 N–H and O–H groups in total. The van der Waals surface area contributed by atoms with Crippen LogP contribution in [0.1, 0.15) is 10.4 Å². The summed E-state index contributed by atoms with van der Waals surface area (Å²) in [7, 11) is -3.24. The number of amides is 1. The number of benzene rings is 2. The van der Waals surface area contributed by atoms with Crippen molar-refractivity contribution >= 4 is 44.0 Å². The Labute approximate surface area is 131 Å². The lowest BCUT2D eigenvalue weighted by atomic mass is 10.2. The first kappa shape index (κ1) is 15.0. The van der Waals surface area contributed by atoms with Gasteiger partial charge < -0.3 is 5.32 Å². The highest BCUT2D eigenvalue weighted by Crippen LogP contribution is 2.15. The van der Waals surface area contributed by atoms with Crippen LogP contribution < -0.4 is 5.32 Å². The molecule has 2 rings (SSSR count). The van der Waals surface area contributed by atoms with Crippen LogP contribution in [0.3, 0.4) is 0 Å². The lowest BCUT2D eigenvalue weighted by Crippen LogP contribution is -2.12. The minimum Gasteiger partial charge on any atom is -0.322 e. The van der Waals surface area contributed by atoms with Crippen LogP contribution in [0.25, 0.3) is 0 Å². The Balaban J connectivity index is 2.18. The minimum absolute atomic E-state index is 0.198. The van der Waals surface area contributed by atoms with Gasteiger partial charge in [0.1, 0.15) is 0 Å². The fourth-order valence-electron chi connectivity index (χ4n) is 1.62. The van der Waals surface area contributed by atoms with E-state index in [1.807, 2.05) is 18.2 Å². The summed E-state index contributed by atoms with van der Waals surface area (Å²) in [6, 6.07) is 13.3. The molecule has 0 spiro atoms. The van der Waals surface area contributed by atoms with Gasteiger partial charge in [0.05, 0.1) is 4.90 Å². The van der Waals surface area contributed by atoms with Gasteiger partial charge in [0.15, 0.2) is 9.84 Å². The Bertz CT molecular complexity index is 739. The molecule has 0 radical (unpaired) electrons. The van der Waals surface area contributed by atoms with Crippen LogP contribution in [0.15, 0.2) is 53.4 Å². The highest BCUT2D eigenvalue weighted by molar-refractivity contribution is 14.1. The summed E-state index contributed by atoms with van der Waals surface area (Å²) in [5.41, 5.74) is 1.12. The summed E-state index contributed by atoms with van der Waals surface area (Å²) >= 11 is 2.16. The number of sulfone groups is 1. The van der Waals surface area contributed by atoms with Crippen LogP contribution in [-0.2, 0) is 9.84 Å². The van der Waals surface area contributed by atoms with Crippen LogP contribution in [0.4, 0.5) is 5.69 Å². The summed E-state index contributed by atoms with van der Waals surface area (Å²) in [6.45, 7) is 0. The molecule has 104 valence electrons. The molecule has 2 aromatic rings. The van der Waals surface area contributed by atoms with Gasteiger partial charge in [0.25, 0.3) is 5.91 Å². The third-order valence-corrected chi connectivity index (χ3v) is 4.43. The highest BCUT2D eigenvalue weighted by Gasteiger charge is 2.10. The Morgan fingerprint density at radius 2 is 1.75 bits per heavy atom. The molecule has 6 heteroatoms. The predicted octanol–water partition coefficient (Wildman–Crippen LogP) is 2.95. The summed E-state index contributed by atoms with van der Waals surface area (Å²) in [4.78, 5) is 12.2. The molecule has 0 aromatic heterocycles. The van der Waals surface area contributed by atoms with Crippen LogP contribution in [0.5, 0.6) is 0 Å². The van der Waals surface area contributed by atoms with Crippen molar-refractivity contribution in [2.45, 2.75) is 4.90 Å². The normalized spacial score (nSPS) is 11.1. The van der Waals surface area contributed by atoms with Gasteiger partial charge in [0.2, 0.25) is 0 Å². The third kappa shape index (κ3) is 3.80. The molecule has 4 nitrogen and oxygen atoms in total. The maximum atomic E-state index is 12.0. The summed E-state index contributed by atoms with van der Waals surface area (Å²) in [5, 5.41) is 2.76. The Kier molecular flexibility index (Phi) is 4.44. The molecule has 0 unspecified atom stereocenters. The van der Waals surface area contributed by atoms with E-state index < -0.39 is 9.84 Å². The topological polar surface area (TPSA) is 63.2 Å². The van der Waals surface area contributed by atoms with Gasteiger partial charge in [-0.05, 0) is 65.1 Å². The van der Waals surface area contributed by atoms with E-state index in [2.05, 4.69) is 27.9 Å². The predicted molar refractivity (Wildman–Crippen MR) is 86.7 cm³/mol. The number of carbonyl (C=O) groups is 1. The molecule has 20 heavy (non-hydrogen) atoms. The molecule has 1 amide bonds. The van der Waals surface area contributed by atoms with Crippen LogP contribution in [0.2, 0.25) is 0 Å². The number of rotatable bonds is 3. The first-order valence-electron chi connectivity index (χ1n) is 5.73. The highest BCUT2D eigenvalue weighted by atomic mass is 127. The van der Waals surface area contributed by atoms with Crippen LogP contribution in [-0.4, -0.2) is 20.6 Å². The average molecular weight is 401 g/mol. The first-order valence-corrected chi connectivity index (χ1v) is 8.70. The maximum Gasteiger partial charge on any atom is 0.255 e. The molecule has 0 aliphatic heterocycles. The Morgan fingerprint density at radius 3 is 2.30 bits per heavy atom. The minimum atomic E-state index is -3.24. The van der Waals surface area contributed by atoms with Gasteiger partial charge in [-0.2, -0.15) is 0 Å². The van der Waals surface area contributed by atoms with Gasteiger partial charge in [0, 0.05) is 21.1 Å². The monoisotopic (exact) mass is 401 g/mol. The lowest BCUT2D eigenvalue weighted by molar-refractivity contribution is 0.102. The molecule has 0 bridgehead atoms. The van der Waals surface area contributed by atoms with E-state index in [0.717, 1.165) is 9.83 Å². The fraction of sp³-hybridized carbons (Fsp3) is 0.0714. The standard InChI is InChI=1S/C14H12INO3S/c1-20(18,19)13-7-5-10(6-8-13)14(17)16-12-4-2-3-11(15)9-12/h2-9H,1H3,(H,16,17). The molecular formula is C14H12INO3S. The number of halogens is 1. The molecule has 0 saturated carbocycles. The van der Waals surface area contributed by atoms with Gasteiger partial charge in [-0.15, -0.1) is 0 Å². The lowest BCUT2D eigenvalue weighted by Gasteiger charge is -2.06. The van der Waals surface area contributed by atoms with Crippen molar-refractivity contribution in [3.8, 4) is 0 Å². The molecular weight excluding hydrogens is 389 g/mol. The molecule has 0 saturated heterocycles. The van der Waals surface area contributed by atoms with Crippen molar-refractivity contribution in [2.24, 2.45) is 0 Å². The molecule has 2 aromatic carbocycles.